The molecule has 3 aromatic carbocycles. The minimum Gasteiger partial charge on any atom is -0.455 e. The van der Waals surface area contributed by atoms with Gasteiger partial charge in [-0.15, -0.1) is 0 Å². The number of halogens is 2. The third kappa shape index (κ3) is 3.66. The Morgan fingerprint density at radius 3 is 2.32 bits per heavy atom. The second-order valence-electron chi connectivity index (χ2n) is 9.47. The first-order valence-electron chi connectivity index (χ1n) is 11.9. The zero-order valence-electron chi connectivity index (χ0n) is 20.5. The molecular formula is C30H23F2N3O2. The Bertz CT molecular complexity index is 1830. The quantitative estimate of drug-likeness (QED) is 0.259. The molecule has 6 aromatic rings. The zero-order chi connectivity index (χ0) is 26.0. The fourth-order valence-electron chi connectivity index (χ4n) is 5.23. The van der Waals surface area contributed by atoms with Crippen LogP contribution in [-0.2, 0) is 6.54 Å². The zero-order valence-corrected chi connectivity index (χ0v) is 20.5. The maximum absolute atomic E-state index is 15.4. The first-order chi connectivity index (χ1) is 17.7. The average Bonchev–Trinajstić information content (AvgIpc) is 3.41. The summed E-state index contributed by atoms with van der Waals surface area (Å²) < 4.78 is 34.9. The van der Waals surface area contributed by atoms with E-state index in [1.165, 1.54) is 18.2 Å². The Balaban J connectivity index is 1.40. The van der Waals surface area contributed by atoms with E-state index in [0.717, 1.165) is 44.3 Å². The number of rotatable bonds is 4. The van der Waals surface area contributed by atoms with Crippen molar-refractivity contribution >= 4 is 44.4 Å². The number of benzene rings is 4. The molecule has 37 heavy (non-hydrogen) atoms. The normalized spacial score (nSPS) is 11.7. The van der Waals surface area contributed by atoms with Crippen molar-refractivity contribution < 1.29 is 18.0 Å². The third-order valence-corrected chi connectivity index (χ3v) is 7.01. The molecule has 0 fully saturated rings. The van der Waals surface area contributed by atoms with E-state index < -0.39 is 11.7 Å². The van der Waals surface area contributed by atoms with E-state index in [4.69, 9.17) is 10.2 Å². The van der Waals surface area contributed by atoms with Crippen molar-refractivity contribution in [3.63, 3.8) is 0 Å². The molecule has 0 aliphatic carbocycles. The van der Waals surface area contributed by atoms with Gasteiger partial charge in [0.1, 0.15) is 28.6 Å². The highest BCUT2D eigenvalue weighted by molar-refractivity contribution is 6.27. The van der Waals surface area contributed by atoms with Crippen LogP contribution in [0.1, 0.15) is 32.7 Å². The van der Waals surface area contributed by atoms with Gasteiger partial charge in [0.15, 0.2) is 0 Å². The number of hydrogen-bond donors (Lipinski definition) is 2. The van der Waals surface area contributed by atoms with Crippen molar-refractivity contribution in [1.29, 1.82) is 0 Å². The number of fused-ring (bicyclic) bond motifs is 8. The summed E-state index contributed by atoms with van der Waals surface area (Å²) >= 11 is 0. The van der Waals surface area contributed by atoms with Crippen LogP contribution >= 0.6 is 0 Å². The first kappa shape index (κ1) is 22.9. The van der Waals surface area contributed by atoms with Gasteiger partial charge in [-0.05, 0) is 85.0 Å². The summed E-state index contributed by atoms with van der Waals surface area (Å²) in [5.41, 5.74) is 12.2. The number of hydrogen-bond acceptors (Lipinski definition) is 4. The molecule has 3 heterocycles. The van der Waals surface area contributed by atoms with Crippen LogP contribution in [0.5, 0.6) is 0 Å². The Labute approximate surface area is 211 Å². The van der Waals surface area contributed by atoms with E-state index in [1.807, 2.05) is 32.9 Å². The average molecular weight is 496 g/mol. The number of anilines is 1. The Kier molecular flexibility index (Phi) is 5.12. The molecule has 0 saturated carbocycles. The highest BCUT2D eigenvalue weighted by atomic mass is 19.1. The van der Waals surface area contributed by atoms with Gasteiger partial charge in [0, 0.05) is 34.0 Å². The number of nitrogen functional groups attached to an aromatic ring is 1. The highest BCUT2D eigenvalue weighted by Crippen LogP contribution is 2.44. The SMILES string of the molecule is Cc1cc(N)nc(C)c1CNC(=O)c1cc(F)c2c(c1)c1oc2c2cc(-c3ccc(F)cc3)cc(C)c21. The molecule has 0 spiro atoms. The van der Waals surface area contributed by atoms with Gasteiger partial charge in [0.05, 0.1) is 5.39 Å². The van der Waals surface area contributed by atoms with Crippen molar-refractivity contribution in [1.82, 2.24) is 10.3 Å². The summed E-state index contributed by atoms with van der Waals surface area (Å²) in [6.45, 7) is 5.95. The molecule has 3 N–H and O–H groups in total. The van der Waals surface area contributed by atoms with Gasteiger partial charge in [-0.3, -0.25) is 4.79 Å². The number of pyridine rings is 1. The van der Waals surface area contributed by atoms with Crippen LogP contribution < -0.4 is 11.1 Å². The number of nitrogens with one attached hydrogen (secondary N) is 1. The molecular weight excluding hydrogens is 472 g/mol. The number of nitrogens with two attached hydrogens (primary N) is 1. The van der Waals surface area contributed by atoms with Gasteiger partial charge < -0.3 is 15.5 Å². The minimum absolute atomic E-state index is 0.210. The van der Waals surface area contributed by atoms with E-state index in [9.17, 15) is 9.18 Å². The van der Waals surface area contributed by atoms with Gasteiger partial charge in [-0.1, -0.05) is 18.2 Å². The maximum atomic E-state index is 15.4. The summed E-state index contributed by atoms with van der Waals surface area (Å²) in [6.07, 6.45) is 0. The number of carbonyl (C=O) groups is 1. The van der Waals surface area contributed by atoms with E-state index in [-0.39, 0.29) is 17.9 Å². The van der Waals surface area contributed by atoms with Crippen molar-refractivity contribution in [2.75, 3.05) is 5.73 Å². The fraction of sp³-hybridized carbons (Fsp3) is 0.133. The molecule has 2 bridgehead atoms. The predicted octanol–water partition coefficient (Wildman–Crippen LogP) is 6.95. The lowest BCUT2D eigenvalue weighted by Gasteiger charge is -2.12. The third-order valence-electron chi connectivity index (χ3n) is 7.01. The van der Waals surface area contributed by atoms with Crippen LogP contribution in [0.15, 0.2) is 59.0 Å². The molecule has 0 atom stereocenters. The standard InChI is InChI=1S/C30H23F2N3O2/c1-14-9-25(33)35-16(3)23(14)13-34-30(36)19-11-22-27(24(32)12-19)29-21-10-18(17-4-6-20(31)7-5-17)8-15(2)26(21)28(22)37-29/h4-12H,13H2,1-3H3,(H2,33,35)(H,34,36). The number of aromatic nitrogens is 1. The van der Waals surface area contributed by atoms with E-state index >= 15 is 4.39 Å². The maximum Gasteiger partial charge on any atom is 0.251 e. The molecule has 3 aromatic heterocycles. The largest absolute Gasteiger partial charge is 0.455 e. The smallest absolute Gasteiger partial charge is 0.251 e. The molecule has 0 aliphatic heterocycles. The predicted molar refractivity (Wildman–Crippen MR) is 142 cm³/mol. The molecule has 0 radical (unpaired) electrons. The molecule has 0 aliphatic rings. The Hall–Kier alpha value is -4.52. The van der Waals surface area contributed by atoms with Gasteiger partial charge in [-0.25, -0.2) is 13.8 Å². The van der Waals surface area contributed by atoms with Crippen LogP contribution in [0.25, 0.3) is 43.8 Å². The van der Waals surface area contributed by atoms with Gasteiger partial charge in [0.2, 0.25) is 0 Å². The highest BCUT2D eigenvalue weighted by Gasteiger charge is 2.24. The Morgan fingerprint density at radius 2 is 1.59 bits per heavy atom. The van der Waals surface area contributed by atoms with Crippen molar-refractivity contribution in [2.45, 2.75) is 27.3 Å². The molecule has 5 nitrogen and oxygen atoms in total. The van der Waals surface area contributed by atoms with Crippen LogP contribution in [0, 0.1) is 32.4 Å². The summed E-state index contributed by atoms with van der Waals surface area (Å²) in [7, 11) is 0. The monoisotopic (exact) mass is 495 g/mol. The molecule has 1 amide bonds. The fourth-order valence-corrected chi connectivity index (χ4v) is 5.23. The van der Waals surface area contributed by atoms with E-state index in [0.29, 0.717) is 27.8 Å². The lowest BCUT2D eigenvalue weighted by molar-refractivity contribution is 0.0950. The van der Waals surface area contributed by atoms with Crippen LogP contribution in [-0.4, -0.2) is 10.9 Å². The molecule has 184 valence electrons. The summed E-state index contributed by atoms with van der Waals surface area (Å²) in [6, 6.07) is 14.9. The van der Waals surface area contributed by atoms with Crippen LogP contribution in [0.2, 0.25) is 0 Å². The van der Waals surface area contributed by atoms with Gasteiger partial charge >= 0.3 is 0 Å². The van der Waals surface area contributed by atoms with Crippen molar-refractivity contribution in [2.24, 2.45) is 0 Å². The van der Waals surface area contributed by atoms with E-state index in [1.54, 1.807) is 24.3 Å². The number of carbonyl (C=O) groups excluding carboxylic acids is 1. The molecule has 7 heteroatoms. The van der Waals surface area contributed by atoms with E-state index in [2.05, 4.69) is 10.3 Å². The summed E-state index contributed by atoms with van der Waals surface area (Å²) in [4.78, 5) is 17.3. The second kappa shape index (κ2) is 8.27. The summed E-state index contributed by atoms with van der Waals surface area (Å²) in [5, 5.41) is 5.45. The molecule has 6 rings (SSSR count). The Morgan fingerprint density at radius 1 is 0.892 bits per heavy atom. The van der Waals surface area contributed by atoms with Crippen LogP contribution in [0.3, 0.4) is 0 Å². The molecule has 0 saturated heterocycles. The number of furan rings is 2. The second-order valence-corrected chi connectivity index (χ2v) is 9.47. The number of aryl methyl sites for hydroxylation is 3. The van der Waals surface area contributed by atoms with Gasteiger partial charge in [-0.2, -0.15) is 0 Å². The van der Waals surface area contributed by atoms with Crippen LogP contribution in [0.4, 0.5) is 14.6 Å². The first-order valence-corrected chi connectivity index (χ1v) is 11.9. The lowest BCUT2D eigenvalue weighted by Crippen LogP contribution is -2.24. The topological polar surface area (TPSA) is 81.1 Å². The van der Waals surface area contributed by atoms with Crippen molar-refractivity contribution in [3.8, 4) is 11.1 Å². The number of amides is 1. The lowest BCUT2D eigenvalue weighted by atomic mass is 9.94. The minimum atomic E-state index is -0.523. The summed E-state index contributed by atoms with van der Waals surface area (Å²) in [5.74, 6) is -0.796. The molecule has 0 unspecified atom stereocenters. The van der Waals surface area contributed by atoms with Gasteiger partial charge in [0.25, 0.3) is 5.91 Å². The number of nitrogens with zero attached hydrogens (tertiary/aromatic N) is 1. The van der Waals surface area contributed by atoms with Crippen molar-refractivity contribution in [3.05, 3.63) is 94.2 Å².